The zero-order chi connectivity index (χ0) is 19.1. The first kappa shape index (κ1) is 17.4. The number of hydrogen-bond acceptors (Lipinski definition) is 6. The lowest BCUT2D eigenvalue weighted by Gasteiger charge is -2.17. The second kappa shape index (κ2) is 7.01. The molecule has 3 aromatic heterocycles. The molecule has 0 aliphatic carbocycles. The minimum Gasteiger partial charge on any atom is -0.467 e. The van der Waals surface area contributed by atoms with Gasteiger partial charge < -0.3 is 4.42 Å². The third kappa shape index (κ3) is 3.17. The van der Waals surface area contributed by atoms with Gasteiger partial charge >= 0.3 is 0 Å². The predicted octanol–water partition coefficient (Wildman–Crippen LogP) is 6.00. The summed E-state index contributed by atoms with van der Waals surface area (Å²) >= 11 is 8.89. The number of hydrogen-bond donors (Lipinski definition) is 0. The number of benzene rings is 2. The van der Waals surface area contributed by atoms with E-state index < -0.39 is 0 Å². The Morgan fingerprint density at radius 1 is 1.00 bits per heavy atom. The second-order valence-electron chi connectivity index (χ2n) is 6.07. The van der Waals surface area contributed by atoms with Crippen molar-refractivity contribution in [3.05, 3.63) is 76.7 Å². The number of furan rings is 1. The Labute approximate surface area is 172 Å². The Kier molecular flexibility index (Phi) is 4.35. The molecule has 0 saturated carbocycles. The third-order valence-corrected chi connectivity index (χ3v) is 6.49. The van der Waals surface area contributed by atoms with E-state index in [-0.39, 0.29) is 12.5 Å². The molecule has 5 nitrogen and oxygen atoms in total. The average Bonchev–Trinajstić information content (AvgIpc) is 3.43. The SMILES string of the molecule is O=C(c1nc2ccccc2s1)N(Cc1ccco1)c1nc2ccc(Cl)cc2s1. The van der Waals surface area contributed by atoms with Crippen LogP contribution in [0.4, 0.5) is 5.13 Å². The van der Waals surface area contributed by atoms with Crippen molar-refractivity contribution in [2.45, 2.75) is 6.54 Å². The van der Waals surface area contributed by atoms with Crippen molar-refractivity contribution >= 4 is 65.7 Å². The molecule has 0 atom stereocenters. The summed E-state index contributed by atoms with van der Waals surface area (Å²) in [4.78, 5) is 24.1. The minimum atomic E-state index is -0.206. The molecule has 28 heavy (non-hydrogen) atoms. The number of rotatable bonds is 4. The van der Waals surface area contributed by atoms with Crippen molar-refractivity contribution in [1.82, 2.24) is 9.97 Å². The van der Waals surface area contributed by atoms with Gasteiger partial charge in [0.2, 0.25) is 0 Å². The minimum absolute atomic E-state index is 0.206. The number of thiazole rings is 2. The average molecular weight is 426 g/mol. The van der Waals surface area contributed by atoms with Crippen molar-refractivity contribution < 1.29 is 9.21 Å². The van der Waals surface area contributed by atoms with E-state index >= 15 is 0 Å². The first-order valence-corrected chi connectivity index (χ1v) is 10.4. The van der Waals surface area contributed by atoms with E-state index in [0.717, 1.165) is 20.4 Å². The fraction of sp³-hybridized carbons (Fsp3) is 0.0500. The van der Waals surface area contributed by atoms with Gasteiger partial charge in [0.15, 0.2) is 10.1 Å². The topological polar surface area (TPSA) is 59.2 Å². The van der Waals surface area contributed by atoms with E-state index in [1.807, 2.05) is 42.5 Å². The zero-order valence-electron chi connectivity index (χ0n) is 14.3. The number of aromatic nitrogens is 2. The van der Waals surface area contributed by atoms with Crippen LogP contribution in [0.15, 0.2) is 65.3 Å². The van der Waals surface area contributed by atoms with Gasteiger partial charge in [0.25, 0.3) is 5.91 Å². The van der Waals surface area contributed by atoms with Crippen LogP contribution in [0.3, 0.4) is 0 Å². The van der Waals surface area contributed by atoms with Crippen molar-refractivity contribution in [3.63, 3.8) is 0 Å². The van der Waals surface area contributed by atoms with E-state index in [9.17, 15) is 4.79 Å². The van der Waals surface area contributed by atoms with Crippen LogP contribution in [-0.4, -0.2) is 15.9 Å². The molecule has 0 radical (unpaired) electrons. The van der Waals surface area contributed by atoms with E-state index in [2.05, 4.69) is 9.97 Å². The third-order valence-electron chi connectivity index (χ3n) is 4.19. The quantitative estimate of drug-likeness (QED) is 0.354. The number of carbonyl (C=O) groups excluding carboxylic acids is 1. The number of anilines is 1. The molecular weight excluding hydrogens is 414 g/mol. The summed E-state index contributed by atoms with van der Waals surface area (Å²) in [7, 11) is 0. The van der Waals surface area contributed by atoms with Crippen LogP contribution in [0.25, 0.3) is 20.4 Å². The summed E-state index contributed by atoms with van der Waals surface area (Å²) in [6.45, 7) is 0.273. The van der Waals surface area contributed by atoms with Gasteiger partial charge in [-0.05, 0) is 42.5 Å². The number of nitrogens with zero attached hydrogens (tertiary/aromatic N) is 3. The van der Waals surface area contributed by atoms with E-state index in [1.165, 1.54) is 22.7 Å². The Morgan fingerprint density at radius 2 is 1.86 bits per heavy atom. The number of fused-ring (bicyclic) bond motifs is 2. The van der Waals surface area contributed by atoms with Gasteiger partial charge in [0.1, 0.15) is 5.76 Å². The van der Waals surface area contributed by atoms with Crippen LogP contribution in [0.1, 0.15) is 15.6 Å². The van der Waals surface area contributed by atoms with Crippen LogP contribution in [-0.2, 0) is 6.54 Å². The number of para-hydroxylation sites is 1. The highest BCUT2D eigenvalue weighted by Crippen LogP contribution is 2.33. The molecule has 1 amide bonds. The van der Waals surface area contributed by atoms with Gasteiger partial charge in [0.05, 0.1) is 33.2 Å². The van der Waals surface area contributed by atoms with Crippen molar-refractivity contribution in [1.29, 1.82) is 0 Å². The smallest absolute Gasteiger partial charge is 0.289 e. The monoisotopic (exact) mass is 425 g/mol. The maximum absolute atomic E-state index is 13.4. The second-order valence-corrected chi connectivity index (χ2v) is 8.54. The summed E-state index contributed by atoms with van der Waals surface area (Å²) < 4.78 is 7.36. The molecule has 0 aliphatic rings. The zero-order valence-corrected chi connectivity index (χ0v) is 16.7. The molecule has 0 bridgehead atoms. The Morgan fingerprint density at radius 3 is 2.68 bits per heavy atom. The van der Waals surface area contributed by atoms with Gasteiger partial charge in [-0.3, -0.25) is 9.69 Å². The van der Waals surface area contributed by atoms with Gasteiger partial charge in [-0.2, -0.15) is 0 Å². The molecule has 5 aromatic rings. The van der Waals surface area contributed by atoms with Crippen molar-refractivity contribution in [2.24, 2.45) is 0 Å². The van der Waals surface area contributed by atoms with E-state index in [4.69, 9.17) is 16.0 Å². The van der Waals surface area contributed by atoms with Gasteiger partial charge in [-0.15, -0.1) is 11.3 Å². The highest BCUT2D eigenvalue weighted by atomic mass is 35.5. The molecule has 5 rings (SSSR count). The van der Waals surface area contributed by atoms with Crippen LogP contribution in [0.5, 0.6) is 0 Å². The normalized spacial score (nSPS) is 11.3. The van der Waals surface area contributed by atoms with Crippen molar-refractivity contribution in [3.8, 4) is 0 Å². The lowest BCUT2D eigenvalue weighted by Crippen LogP contribution is -2.30. The molecule has 0 aliphatic heterocycles. The largest absolute Gasteiger partial charge is 0.467 e. The van der Waals surface area contributed by atoms with E-state index in [1.54, 1.807) is 23.3 Å². The summed E-state index contributed by atoms with van der Waals surface area (Å²) in [6, 6.07) is 16.8. The summed E-state index contributed by atoms with van der Waals surface area (Å²) in [6.07, 6.45) is 1.59. The van der Waals surface area contributed by atoms with E-state index in [0.29, 0.717) is 20.9 Å². The Balaban J connectivity index is 1.59. The summed E-state index contributed by atoms with van der Waals surface area (Å²) in [5.74, 6) is 0.467. The first-order valence-electron chi connectivity index (χ1n) is 8.43. The van der Waals surface area contributed by atoms with Crippen LogP contribution in [0, 0.1) is 0 Å². The highest BCUT2D eigenvalue weighted by molar-refractivity contribution is 7.23. The maximum atomic E-state index is 13.4. The predicted molar refractivity (Wildman–Crippen MR) is 113 cm³/mol. The molecule has 0 N–H and O–H groups in total. The summed E-state index contributed by atoms with van der Waals surface area (Å²) in [5, 5.41) is 1.64. The molecule has 8 heteroatoms. The fourth-order valence-corrected chi connectivity index (χ4v) is 5.02. The van der Waals surface area contributed by atoms with Crippen LogP contribution in [0.2, 0.25) is 5.02 Å². The number of amides is 1. The molecule has 0 spiro atoms. The Bertz CT molecular complexity index is 1260. The number of carbonyl (C=O) groups is 1. The van der Waals surface area contributed by atoms with Crippen LogP contribution >= 0.6 is 34.3 Å². The Hall–Kier alpha value is -2.74. The van der Waals surface area contributed by atoms with Gasteiger partial charge in [-0.25, -0.2) is 9.97 Å². The maximum Gasteiger partial charge on any atom is 0.289 e. The van der Waals surface area contributed by atoms with Crippen LogP contribution < -0.4 is 4.90 Å². The number of halogens is 1. The molecular formula is C20H12ClN3O2S2. The lowest BCUT2D eigenvalue weighted by molar-refractivity contribution is 0.0983. The molecule has 138 valence electrons. The molecule has 0 saturated heterocycles. The lowest BCUT2D eigenvalue weighted by atomic mass is 10.3. The summed E-state index contributed by atoms with van der Waals surface area (Å²) in [5.41, 5.74) is 1.61. The van der Waals surface area contributed by atoms with Gasteiger partial charge in [0, 0.05) is 5.02 Å². The molecule has 2 aromatic carbocycles. The molecule has 0 unspecified atom stereocenters. The standard InChI is InChI=1S/C20H12ClN3O2S2/c21-12-7-8-15-17(10-12)28-20(23-15)24(11-13-4-3-9-26-13)19(25)18-22-14-5-1-2-6-16(14)27-18/h1-10H,11H2. The molecule has 3 heterocycles. The van der Waals surface area contributed by atoms with Crippen molar-refractivity contribution in [2.75, 3.05) is 4.90 Å². The fourth-order valence-electron chi connectivity index (χ4n) is 2.87. The first-order chi connectivity index (χ1) is 13.7. The highest BCUT2D eigenvalue weighted by Gasteiger charge is 2.25. The molecule has 0 fully saturated rings. The van der Waals surface area contributed by atoms with Gasteiger partial charge in [-0.1, -0.05) is 35.1 Å².